The van der Waals surface area contributed by atoms with Crippen LogP contribution in [0, 0.1) is 54.3 Å². The SMILES string of the molecule is Cc1ccc(C#Cc2ccc(C3=C(c4ccc(C(c5ccccc5)(c5ccc(C6=C(c7ccc(C#Cc8ccc(C(F)(F)F)cc8)cc7)C(=O)C(c7ccc(C#Cc8ccc(C(F)(F)F)cc8)cc7)=C6c6ccccc6)cc5)C(F)(F)F)cc4)C(c4ccccc4)=C(c4ccc(C#Cc5ccc(C(F)(F)F)cc5)cc4)C3=O)cc2)cc1. The molecule has 0 aromatic heterocycles. The maximum Gasteiger partial charge on any atom is 0.416 e. The van der Waals surface area contributed by atoms with Gasteiger partial charge in [-0.1, -0.05) is 253 Å². The van der Waals surface area contributed by atoms with Crippen molar-refractivity contribution < 1.29 is 62.3 Å². The minimum Gasteiger partial charge on any atom is -0.289 e. The molecule has 1 unspecified atom stereocenters. The molecular formula is C102H58F12O2. The summed E-state index contributed by atoms with van der Waals surface area (Å²) in [5.74, 6) is 23.3. The van der Waals surface area contributed by atoms with Crippen molar-refractivity contribution in [2.24, 2.45) is 0 Å². The summed E-state index contributed by atoms with van der Waals surface area (Å²) in [6, 6.07) is 86.0. The number of benzene rings is 13. The molecule has 0 heterocycles. The van der Waals surface area contributed by atoms with Gasteiger partial charge in [0.1, 0.15) is 5.41 Å². The number of carbonyl (C=O) groups is 2. The van der Waals surface area contributed by atoms with Crippen molar-refractivity contribution in [2.45, 2.75) is 37.0 Å². The number of carbonyl (C=O) groups excluding carboxylic acids is 2. The molecule has 15 rings (SSSR count). The van der Waals surface area contributed by atoms with Crippen molar-refractivity contribution in [3.8, 4) is 47.4 Å². The van der Waals surface area contributed by atoms with Crippen LogP contribution in [0.3, 0.4) is 0 Å². The lowest BCUT2D eigenvalue weighted by Crippen LogP contribution is -2.44. The van der Waals surface area contributed by atoms with E-state index in [0.717, 1.165) is 47.5 Å². The maximum atomic E-state index is 17.6. The van der Waals surface area contributed by atoms with Gasteiger partial charge in [-0.05, 0) is 202 Å². The van der Waals surface area contributed by atoms with Crippen molar-refractivity contribution in [3.63, 3.8) is 0 Å². The molecule has 14 heteroatoms. The van der Waals surface area contributed by atoms with E-state index >= 15 is 22.8 Å². The number of hydrogen-bond acceptors (Lipinski definition) is 2. The van der Waals surface area contributed by atoms with Gasteiger partial charge < -0.3 is 0 Å². The molecule has 2 aliphatic carbocycles. The van der Waals surface area contributed by atoms with Crippen LogP contribution in [0.5, 0.6) is 0 Å². The lowest BCUT2D eigenvalue weighted by Gasteiger charge is -2.38. The number of allylic oxidation sites excluding steroid dienone is 8. The smallest absolute Gasteiger partial charge is 0.289 e. The molecular weight excluding hydrogens is 1490 g/mol. The van der Waals surface area contributed by atoms with Gasteiger partial charge in [-0.2, -0.15) is 52.7 Å². The predicted molar refractivity (Wildman–Crippen MR) is 431 cm³/mol. The van der Waals surface area contributed by atoms with Crippen LogP contribution < -0.4 is 0 Å². The zero-order chi connectivity index (χ0) is 81.1. The maximum absolute atomic E-state index is 17.6. The van der Waals surface area contributed by atoms with Crippen LogP contribution in [0.15, 0.2) is 334 Å². The van der Waals surface area contributed by atoms with Crippen molar-refractivity contribution in [1.29, 1.82) is 0 Å². The second kappa shape index (κ2) is 31.6. The van der Waals surface area contributed by atoms with E-state index in [1.165, 1.54) is 84.9 Å². The molecule has 0 N–H and O–H groups in total. The summed E-state index contributed by atoms with van der Waals surface area (Å²) in [7, 11) is 0. The molecule has 562 valence electrons. The van der Waals surface area contributed by atoms with E-state index in [0.29, 0.717) is 106 Å². The first-order valence-corrected chi connectivity index (χ1v) is 36.4. The molecule has 0 radical (unpaired) electrons. The molecule has 0 amide bonds. The molecule has 1 atom stereocenters. The number of aryl methyl sites for hydroxylation is 1. The Kier molecular flexibility index (Phi) is 21.0. The molecule has 0 bridgehead atoms. The van der Waals surface area contributed by atoms with Gasteiger partial charge in [-0.3, -0.25) is 9.59 Å². The Morgan fingerprint density at radius 1 is 0.190 bits per heavy atom. The number of Topliss-reactive ketones (excluding diaryl/α,β-unsaturated/α-hetero) is 2. The van der Waals surface area contributed by atoms with Gasteiger partial charge in [0.05, 0.1) is 16.7 Å². The zero-order valence-corrected chi connectivity index (χ0v) is 61.1. The largest absolute Gasteiger partial charge is 0.416 e. The van der Waals surface area contributed by atoms with Gasteiger partial charge in [0.2, 0.25) is 0 Å². The Hall–Kier alpha value is -14.4. The average Bonchev–Trinajstić information content (AvgIpc) is 1.28. The van der Waals surface area contributed by atoms with Crippen LogP contribution in [-0.2, 0) is 33.5 Å². The monoisotopic (exact) mass is 1540 g/mol. The Balaban J connectivity index is 0.862. The van der Waals surface area contributed by atoms with Gasteiger partial charge in [-0.25, -0.2) is 0 Å². The average molecular weight is 1540 g/mol. The van der Waals surface area contributed by atoms with Crippen LogP contribution in [0.1, 0.15) is 128 Å². The third-order valence-electron chi connectivity index (χ3n) is 20.2. The second-order valence-corrected chi connectivity index (χ2v) is 27.6. The van der Waals surface area contributed by atoms with E-state index in [1.54, 1.807) is 146 Å². The van der Waals surface area contributed by atoms with Crippen LogP contribution >= 0.6 is 0 Å². The van der Waals surface area contributed by atoms with Gasteiger partial charge in [0, 0.05) is 89.1 Å². The molecule has 13 aromatic rings. The summed E-state index contributed by atoms with van der Waals surface area (Å²) in [6.07, 6.45) is -18.7. The molecule has 2 aliphatic rings. The quantitative estimate of drug-likeness (QED) is 0.0735. The van der Waals surface area contributed by atoms with E-state index in [4.69, 9.17) is 0 Å². The summed E-state index contributed by atoms with van der Waals surface area (Å²) < 4.78 is 174. The van der Waals surface area contributed by atoms with Crippen LogP contribution in [0.2, 0.25) is 0 Å². The first-order chi connectivity index (χ1) is 55.8. The minimum absolute atomic E-state index is 0.133. The van der Waals surface area contributed by atoms with Gasteiger partial charge >= 0.3 is 24.7 Å². The summed E-state index contributed by atoms with van der Waals surface area (Å²) in [4.78, 5) is 31.8. The molecule has 0 aliphatic heterocycles. The zero-order valence-electron chi connectivity index (χ0n) is 61.1. The normalized spacial score (nSPS) is 13.6. The number of hydrogen-bond donors (Lipinski definition) is 0. The van der Waals surface area contributed by atoms with Crippen molar-refractivity contribution in [2.75, 3.05) is 0 Å². The minimum atomic E-state index is -5.09. The lowest BCUT2D eigenvalue weighted by molar-refractivity contribution is -0.166. The van der Waals surface area contributed by atoms with E-state index in [9.17, 15) is 39.5 Å². The summed E-state index contributed by atoms with van der Waals surface area (Å²) in [5, 5.41) is 0. The summed E-state index contributed by atoms with van der Waals surface area (Å²) in [5.41, 5.74) is 5.37. The number of halogens is 12. The van der Waals surface area contributed by atoms with Gasteiger partial charge in [-0.15, -0.1) is 0 Å². The standard InChI is InChI=1S/C102H58F12O2/c1-65-17-19-66(20-18-65)21-22-67-33-47-80(48-34-67)94-90(88(74-11-5-2-6-12-74)92(96(94)115)78-43-29-68(30-44-78)23-26-71-37-55-85(56-38-71)99(103,104)105)76-51-61-83(62-52-76)98(102(112,113)114,82-15-9-4-10-16-82)84-63-53-77(54-64-84)91-89(75-13-7-3-8-14-75)93(79-45-31-69(32-46-79)24-27-72-39-57-86(58-40-72)100(106,107)108)97(116)95(91)81-49-35-70(36-50-81)25-28-73-41-59-87(60-42-73)101(109,110)111/h2-20,29-64H,1H3. The van der Waals surface area contributed by atoms with Crippen molar-refractivity contribution in [3.05, 3.63) is 462 Å². The van der Waals surface area contributed by atoms with Crippen molar-refractivity contribution >= 4 is 56.2 Å². The lowest BCUT2D eigenvalue weighted by atomic mass is 9.68. The highest BCUT2D eigenvalue weighted by molar-refractivity contribution is 6.60. The molecule has 13 aromatic carbocycles. The molecule has 0 saturated heterocycles. The fraction of sp³-hybridized carbons (Fsp3) is 0.0588. The number of ketones is 2. The molecule has 0 saturated carbocycles. The third kappa shape index (κ3) is 15.9. The van der Waals surface area contributed by atoms with E-state index < -0.39 is 52.6 Å². The Labute approximate surface area is 660 Å². The Morgan fingerprint density at radius 2 is 0.362 bits per heavy atom. The highest BCUT2D eigenvalue weighted by Gasteiger charge is 2.58. The van der Waals surface area contributed by atoms with Crippen LogP contribution in [0.4, 0.5) is 52.7 Å². The number of alkyl halides is 12. The molecule has 0 spiro atoms. The first kappa shape index (κ1) is 76.9. The fourth-order valence-corrected chi connectivity index (χ4v) is 14.4. The molecule has 2 nitrogen and oxygen atoms in total. The molecule has 0 fully saturated rings. The van der Waals surface area contributed by atoms with Gasteiger partial charge in [0.15, 0.2) is 11.6 Å². The highest BCUT2D eigenvalue weighted by Crippen LogP contribution is 2.56. The van der Waals surface area contributed by atoms with Crippen molar-refractivity contribution in [1.82, 2.24) is 0 Å². The second-order valence-electron chi connectivity index (χ2n) is 27.6. The predicted octanol–water partition coefficient (Wildman–Crippen LogP) is 24.8. The summed E-state index contributed by atoms with van der Waals surface area (Å²) in [6.45, 7) is 1.98. The summed E-state index contributed by atoms with van der Waals surface area (Å²) >= 11 is 0. The van der Waals surface area contributed by atoms with E-state index in [-0.39, 0.29) is 44.8 Å². The molecule has 116 heavy (non-hydrogen) atoms. The topological polar surface area (TPSA) is 34.1 Å². The number of rotatable bonds is 11. The van der Waals surface area contributed by atoms with Crippen LogP contribution in [0.25, 0.3) is 44.6 Å². The van der Waals surface area contributed by atoms with Gasteiger partial charge in [0.25, 0.3) is 0 Å². The van der Waals surface area contributed by atoms with E-state index in [2.05, 4.69) is 47.4 Å². The highest BCUT2D eigenvalue weighted by atomic mass is 19.4. The fourth-order valence-electron chi connectivity index (χ4n) is 14.4. The third-order valence-corrected chi connectivity index (χ3v) is 20.2. The Bertz CT molecular complexity index is 6340. The Morgan fingerprint density at radius 3 is 0.586 bits per heavy atom. The first-order valence-electron chi connectivity index (χ1n) is 36.4. The van der Waals surface area contributed by atoms with Crippen LogP contribution in [-0.4, -0.2) is 17.7 Å². The van der Waals surface area contributed by atoms with E-state index in [1.807, 2.05) is 73.7 Å².